The molecular weight excluding hydrogens is 296 g/mol. The topological polar surface area (TPSA) is 96.4 Å². The van der Waals surface area contributed by atoms with E-state index in [9.17, 15) is 9.59 Å². The van der Waals surface area contributed by atoms with Crippen LogP contribution in [0.1, 0.15) is 44.6 Å². The summed E-state index contributed by atoms with van der Waals surface area (Å²) in [5.41, 5.74) is 5.53. The number of hydrogen-bond acceptors (Lipinski definition) is 5. The lowest BCUT2D eigenvalue weighted by Gasteiger charge is -2.00. The van der Waals surface area contributed by atoms with Crippen molar-refractivity contribution in [3.63, 3.8) is 0 Å². The summed E-state index contributed by atoms with van der Waals surface area (Å²) in [4.78, 5) is 30.5. The number of ether oxygens (including phenoxy) is 1. The van der Waals surface area contributed by atoms with Crippen molar-refractivity contribution in [2.24, 2.45) is 5.10 Å². The molecule has 0 radical (unpaired) electrons. The predicted molar refractivity (Wildman–Crippen MR) is 85.5 cm³/mol. The van der Waals surface area contributed by atoms with Crippen LogP contribution in [-0.2, 0) is 4.74 Å². The molecule has 0 aliphatic rings. The molecule has 0 aliphatic carbocycles. The highest BCUT2D eigenvalue weighted by atomic mass is 16.5. The molecule has 7 nitrogen and oxygen atoms in total. The quantitative estimate of drug-likeness (QED) is 0.501. The van der Waals surface area contributed by atoms with Gasteiger partial charge in [0.15, 0.2) is 0 Å². The molecule has 0 aliphatic heterocycles. The highest BCUT2D eigenvalue weighted by molar-refractivity contribution is 5.96. The third-order valence-electron chi connectivity index (χ3n) is 3.28. The fraction of sp³-hybridized carbons (Fsp3) is 0.250. The van der Waals surface area contributed by atoms with E-state index in [1.165, 1.54) is 18.6 Å². The number of aryl methyl sites for hydroxylation is 1. The van der Waals surface area contributed by atoms with E-state index in [2.05, 4.69) is 20.5 Å². The van der Waals surface area contributed by atoms with Gasteiger partial charge < -0.3 is 9.72 Å². The van der Waals surface area contributed by atoms with Gasteiger partial charge in [0.2, 0.25) is 0 Å². The average molecular weight is 314 g/mol. The van der Waals surface area contributed by atoms with Crippen LogP contribution < -0.4 is 5.43 Å². The second-order valence-electron chi connectivity index (χ2n) is 4.82. The first-order valence-corrected chi connectivity index (χ1v) is 7.14. The monoisotopic (exact) mass is 314 g/mol. The molecule has 0 fully saturated rings. The Kier molecular flexibility index (Phi) is 5.24. The molecular formula is C16H18N4O3. The minimum Gasteiger partial charge on any atom is -0.461 e. The van der Waals surface area contributed by atoms with Crippen LogP contribution in [0, 0.1) is 13.8 Å². The molecule has 2 heterocycles. The lowest BCUT2D eigenvalue weighted by molar-refractivity contribution is 0.0519. The van der Waals surface area contributed by atoms with Gasteiger partial charge in [0, 0.05) is 29.2 Å². The van der Waals surface area contributed by atoms with Gasteiger partial charge in [-0.15, -0.1) is 0 Å². The third-order valence-corrected chi connectivity index (χ3v) is 3.28. The largest absolute Gasteiger partial charge is 0.461 e. The standard InChI is InChI=1S/C16H18N4O3/c1-4-23-16(22)14-10(2)13(11(3)19-14)9-18-20-15(21)12-5-7-17-8-6-12/h5-9,19H,4H2,1-3H3,(H,20,21)/b18-9-. The Balaban J connectivity index is 2.11. The van der Waals surface area contributed by atoms with E-state index in [0.29, 0.717) is 17.9 Å². The van der Waals surface area contributed by atoms with Crippen molar-refractivity contribution in [3.8, 4) is 0 Å². The Morgan fingerprint density at radius 2 is 2.04 bits per heavy atom. The number of hydrogen-bond donors (Lipinski definition) is 2. The Morgan fingerprint density at radius 1 is 1.35 bits per heavy atom. The maximum atomic E-state index is 11.9. The number of H-pyrrole nitrogens is 1. The van der Waals surface area contributed by atoms with Gasteiger partial charge in [-0.25, -0.2) is 10.2 Å². The van der Waals surface area contributed by atoms with Crippen molar-refractivity contribution < 1.29 is 14.3 Å². The lowest BCUT2D eigenvalue weighted by Crippen LogP contribution is -2.17. The highest BCUT2D eigenvalue weighted by Crippen LogP contribution is 2.16. The van der Waals surface area contributed by atoms with E-state index in [1.807, 2.05) is 6.92 Å². The molecule has 2 aromatic rings. The molecule has 23 heavy (non-hydrogen) atoms. The van der Waals surface area contributed by atoms with Crippen LogP contribution in [0.3, 0.4) is 0 Å². The van der Waals surface area contributed by atoms with Crippen LogP contribution in [-0.4, -0.2) is 34.7 Å². The Hall–Kier alpha value is -2.96. The minimum atomic E-state index is -0.409. The normalized spacial score (nSPS) is 10.7. The van der Waals surface area contributed by atoms with Gasteiger partial charge >= 0.3 is 5.97 Å². The fourth-order valence-electron chi connectivity index (χ4n) is 2.09. The molecule has 1 amide bonds. The number of carbonyl (C=O) groups excluding carboxylic acids is 2. The molecule has 2 aromatic heterocycles. The maximum Gasteiger partial charge on any atom is 0.355 e. The van der Waals surface area contributed by atoms with E-state index >= 15 is 0 Å². The second-order valence-corrected chi connectivity index (χ2v) is 4.82. The van der Waals surface area contributed by atoms with Crippen LogP contribution in [0.5, 0.6) is 0 Å². The van der Waals surface area contributed by atoms with Gasteiger partial charge in [-0.1, -0.05) is 0 Å². The number of pyridine rings is 1. The Labute approximate surface area is 133 Å². The molecule has 2 rings (SSSR count). The minimum absolute atomic E-state index is 0.307. The van der Waals surface area contributed by atoms with Gasteiger partial charge in [-0.05, 0) is 38.5 Å². The summed E-state index contributed by atoms with van der Waals surface area (Å²) in [6.07, 6.45) is 4.57. The van der Waals surface area contributed by atoms with Crippen molar-refractivity contribution in [3.05, 3.63) is 52.6 Å². The van der Waals surface area contributed by atoms with Crippen LogP contribution in [0.25, 0.3) is 0 Å². The molecule has 0 saturated heterocycles. The summed E-state index contributed by atoms with van der Waals surface area (Å²) in [7, 11) is 0. The van der Waals surface area contributed by atoms with E-state index in [-0.39, 0.29) is 5.91 Å². The van der Waals surface area contributed by atoms with Crippen molar-refractivity contribution in [2.75, 3.05) is 6.61 Å². The molecule has 0 atom stereocenters. The van der Waals surface area contributed by atoms with Crippen LogP contribution in [0.15, 0.2) is 29.6 Å². The smallest absolute Gasteiger partial charge is 0.355 e. The van der Waals surface area contributed by atoms with E-state index in [1.54, 1.807) is 26.0 Å². The highest BCUT2D eigenvalue weighted by Gasteiger charge is 2.17. The number of hydrazone groups is 1. The number of rotatable bonds is 5. The first-order valence-electron chi connectivity index (χ1n) is 7.14. The van der Waals surface area contributed by atoms with Crippen molar-refractivity contribution in [1.29, 1.82) is 0 Å². The summed E-state index contributed by atoms with van der Waals surface area (Å²) >= 11 is 0. The number of amides is 1. The van der Waals surface area contributed by atoms with E-state index in [0.717, 1.165) is 16.8 Å². The van der Waals surface area contributed by atoms with Crippen molar-refractivity contribution in [1.82, 2.24) is 15.4 Å². The molecule has 0 bridgehead atoms. The fourth-order valence-corrected chi connectivity index (χ4v) is 2.09. The number of esters is 1. The molecule has 0 aromatic carbocycles. The summed E-state index contributed by atoms with van der Waals surface area (Å²) in [6, 6.07) is 3.19. The van der Waals surface area contributed by atoms with Gasteiger partial charge in [0.1, 0.15) is 5.69 Å². The molecule has 0 unspecified atom stereocenters. The molecule has 0 spiro atoms. The lowest BCUT2D eigenvalue weighted by atomic mass is 10.1. The summed E-state index contributed by atoms with van der Waals surface area (Å²) in [5, 5.41) is 3.94. The van der Waals surface area contributed by atoms with Crippen LogP contribution in [0.4, 0.5) is 0 Å². The zero-order valence-electron chi connectivity index (χ0n) is 13.2. The molecule has 7 heteroatoms. The Morgan fingerprint density at radius 3 is 2.70 bits per heavy atom. The first kappa shape index (κ1) is 16.4. The third kappa shape index (κ3) is 3.82. The van der Waals surface area contributed by atoms with Crippen LogP contribution >= 0.6 is 0 Å². The zero-order chi connectivity index (χ0) is 16.8. The van der Waals surface area contributed by atoms with Gasteiger partial charge in [-0.3, -0.25) is 9.78 Å². The zero-order valence-corrected chi connectivity index (χ0v) is 13.2. The van der Waals surface area contributed by atoms with E-state index in [4.69, 9.17) is 4.74 Å². The predicted octanol–water partition coefficient (Wildman–Crippen LogP) is 1.97. The second kappa shape index (κ2) is 7.35. The SMILES string of the molecule is CCOC(=O)c1[nH]c(C)c(/C=N\NC(=O)c2ccncc2)c1C. The molecule has 2 N–H and O–H groups in total. The maximum absolute atomic E-state index is 11.9. The number of aromatic amines is 1. The van der Waals surface area contributed by atoms with Gasteiger partial charge in [-0.2, -0.15) is 5.10 Å². The number of carbonyl (C=O) groups is 2. The van der Waals surface area contributed by atoms with Gasteiger partial charge in [0.05, 0.1) is 12.8 Å². The summed E-state index contributed by atoms with van der Waals surface area (Å²) < 4.78 is 4.99. The van der Waals surface area contributed by atoms with Gasteiger partial charge in [0.25, 0.3) is 5.91 Å². The summed E-state index contributed by atoms with van der Waals surface area (Å²) in [6.45, 7) is 5.67. The number of nitrogens with zero attached hydrogens (tertiary/aromatic N) is 2. The molecule has 0 saturated carbocycles. The van der Waals surface area contributed by atoms with E-state index < -0.39 is 5.97 Å². The van der Waals surface area contributed by atoms with Crippen molar-refractivity contribution >= 4 is 18.1 Å². The van der Waals surface area contributed by atoms with Crippen LogP contribution in [0.2, 0.25) is 0 Å². The summed E-state index contributed by atoms with van der Waals surface area (Å²) in [5.74, 6) is -0.742. The number of nitrogens with one attached hydrogen (secondary N) is 2. The van der Waals surface area contributed by atoms with Crippen molar-refractivity contribution in [2.45, 2.75) is 20.8 Å². The average Bonchev–Trinajstić information content (AvgIpc) is 2.84. The molecule has 120 valence electrons. The number of aromatic nitrogens is 2. The first-order chi connectivity index (χ1) is 11.0. The Bertz CT molecular complexity index is 735.